The molecule has 3 amide bonds. The maximum atomic E-state index is 12.6. The predicted octanol–water partition coefficient (Wildman–Crippen LogP) is 0.996. The zero-order chi connectivity index (χ0) is 15.4. The molecule has 0 saturated carbocycles. The molecule has 1 aliphatic rings. The second-order valence-electron chi connectivity index (χ2n) is 4.99. The van der Waals surface area contributed by atoms with Crippen molar-refractivity contribution in [3.8, 4) is 0 Å². The van der Waals surface area contributed by atoms with Crippen molar-refractivity contribution in [2.75, 3.05) is 18.4 Å². The third-order valence-corrected chi connectivity index (χ3v) is 3.41. The zero-order valence-electron chi connectivity index (χ0n) is 12.2. The Balaban J connectivity index is 2.26. The lowest BCUT2D eigenvalue weighted by molar-refractivity contribution is -0.138. The summed E-state index contributed by atoms with van der Waals surface area (Å²) in [4.78, 5) is 37.1. The molecule has 1 aromatic carbocycles. The Hall–Kier alpha value is -2.37. The molecule has 0 bridgehead atoms. The number of benzene rings is 1. The van der Waals surface area contributed by atoms with Gasteiger partial charge in [0.2, 0.25) is 11.8 Å². The van der Waals surface area contributed by atoms with Crippen LogP contribution in [0.1, 0.15) is 30.6 Å². The number of hydrogen-bond acceptors (Lipinski definition) is 4. The first-order valence-corrected chi connectivity index (χ1v) is 7.02. The highest BCUT2D eigenvalue weighted by atomic mass is 16.2. The van der Waals surface area contributed by atoms with E-state index in [9.17, 15) is 14.4 Å². The summed E-state index contributed by atoms with van der Waals surface area (Å²) in [5, 5.41) is 5.41. The molecule has 6 heteroatoms. The molecular weight excluding hydrogens is 270 g/mol. The van der Waals surface area contributed by atoms with Crippen molar-refractivity contribution in [1.29, 1.82) is 0 Å². The Morgan fingerprint density at radius 3 is 2.81 bits per heavy atom. The standard InChI is InChI=1S/C15H19N3O3/c1-3-8-16-12-7-5-4-6-11(12)15(21)18-9-13(19)17-14(20)10(18)2/h4-7,10,16H,3,8-9H2,1-2H3,(H,17,19,20). The number of hydrogen-bond donors (Lipinski definition) is 2. The third kappa shape index (κ3) is 3.21. The SMILES string of the molecule is CCCNc1ccccc1C(=O)N1CC(=O)NC(=O)C1C. The van der Waals surface area contributed by atoms with Crippen LogP contribution in [-0.4, -0.2) is 41.8 Å². The Labute approximate surface area is 123 Å². The summed E-state index contributed by atoms with van der Waals surface area (Å²) in [5.41, 5.74) is 1.19. The van der Waals surface area contributed by atoms with Gasteiger partial charge in [-0.05, 0) is 25.5 Å². The van der Waals surface area contributed by atoms with Crippen molar-refractivity contribution in [2.45, 2.75) is 26.3 Å². The molecule has 112 valence electrons. The van der Waals surface area contributed by atoms with Crippen LogP contribution >= 0.6 is 0 Å². The van der Waals surface area contributed by atoms with Gasteiger partial charge in [0, 0.05) is 12.2 Å². The number of para-hydroxylation sites is 1. The van der Waals surface area contributed by atoms with E-state index in [0.717, 1.165) is 18.7 Å². The lowest BCUT2D eigenvalue weighted by atomic mass is 10.1. The van der Waals surface area contributed by atoms with Crippen LogP contribution in [0.4, 0.5) is 5.69 Å². The van der Waals surface area contributed by atoms with Crippen molar-refractivity contribution in [2.24, 2.45) is 0 Å². The van der Waals surface area contributed by atoms with Crippen molar-refractivity contribution in [3.63, 3.8) is 0 Å². The van der Waals surface area contributed by atoms with Gasteiger partial charge in [-0.25, -0.2) is 0 Å². The van der Waals surface area contributed by atoms with E-state index in [-0.39, 0.29) is 12.5 Å². The van der Waals surface area contributed by atoms with E-state index in [1.807, 2.05) is 19.1 Å². The van der Waals surface area contributed by atoms with Crippen molar-refractivity contribution >= 4 is 23.4 Å². The van der Waals surface area contributed by atoms with Crippen LogP contribution in [0.25, 0.3) is 0 Å². The molecule has 1 unspecified atom stereocenters. The Morgan fingerprint density at radius 1 is 1.38 bits per heavy atom. The zero-order valence-corrected chi connectivity index (χ0v) is 12.2. The van der Waals surface area contributed by atoms with Crippen LogP contribution in [0.3, 0.4) is 0 Å². The summed E-state index contributed by atoms with van der Waals surface area (Å²) in [7, 11) is 0. The van der Waals surface area contributed by atoms with Crippen molar-refractivity contribution < 1.29 is 14.4 Å². The molecule has 21 heavy (non-hydrogen) atoms. The molecule has 2 rings (SSSR count). The van der Waals surface area contributed by atoms with Gasteiger partial charge in [0.1, 0.15) is 12.6 Å². The van der Waals surface area contributed by atoms with Crippen LogP contribution < -0.4 is 10.6 Å². The summed E-state index contributed by atoms with van der Waals surface area (Å²) in [6, 6.07) is 6.46. The summed E-state index contributed by atoms with van der Waals surface area (Å²) in [6.45, 7) is 4.29. The van der Waals surface area contributed by atoms with Gasteiger partial charge in [-0.15, -0.1) is 0 Å². The average Bonchev–Trinajstić information content (AvgIpc) is 2.48. The third-order valence-electron chi connectivity index (χ3n) is 3.41. The molecule has 1 aliphatic heterocycles. The van der Waals surface area contributed by atoms with E-state index in [1.54, 1.807) is 19.1 Å². The fourth-order valence-corrected chi connectivity index (χ4v) is 2.20. The number of amides is 3. The molecule has 0 aromatic heterocycles. The number of imide groups is 1. The highest BCUT2D eigenvalue weighted by molar-refractivity contribution is 6.08. The van der Waals surface area contributed by atoms with E-state index in [1.165, 1.54) is 4.90 Å². The molecule has 0 aliphatic carbocycles. The lowest BCUT2D eigenvalue weighted by Crippen LogP contribution is -2.58. The molecule has 1 saturated heterocycles. The number of anilines is 1. The lowest BCUT2D eigenvalue weighted by Gasteiger charge is -2.32. The van der Waals surface area contributed by atoms with E-state index in [0.29, 0.717) is 5.56 Å². The molecule has 1 fully saturated rings. The van der Waals surface area contributed by atoms with Gasteiger partial charge in [0.15, 0.2) is 0 Å². The van der Waals surface area contributed by atoms with Gasteiger partial charge in [0.05, 0.1) is 5.56 Å². The Kier molecular flexibility index (Phi) is 4.57. The summed E-state index contributed by atoms with van der Waals surface area (Å²) < 4.78 is 0. The molecule has 1 atom stereocenters. The van der Waals surface area contributed by atoms with Crippen LogP contribution in [0, 0.1) is 0 Å². The maximum absolute atomic E-state index is 12.6. The van der Waals surface area contributed by atoms with Crippen LogP contribution in [0.5, 0.6) is 0 Å². The number of piperazine rings is 1. The quantitative estimate of drug-likeness (QED) is 0.810. The van der Waals surface area contributed by atoms with Crippen LogP contribution in [-0.2, 0) is 9.59 Å². The normalized spacial score (nSPS) is 18.4. The van der Waals surface area contributed by atoms with E-state index in [2.05, 4.69) is 10.6 Å². The maximum Gasteiger partial charge on any atom is 0.257 e. The first-order valence-electron chi connectivity index (χ1n) is 7.02. The Morgan fingerprint density at radius 2 is 2.10 bits per heavy atom. The fourth-order valence-electron chi connectivity index (χ4n) is 2.20. The van der Waals surface area contributed by atoms with E-state index < -0.39 is 17.9 Å². The number of nitrogens with one attached hydrogen (secondary N) is 2. The summed E-state index contributed by atoms with van der Waals surface area (Å²) in [6.07, 6.45) is 0.934. The average molecular weight is 289 g/mol. The molecule has 0 radical (unpaired) electrons. The number of carbonyl (C=O) groups excluding carboxylic acids is 3. The first kappa shape index (κ1) is 15.0. The van der Waals surface area contributed by atoms with Gasteiger partial charge >= 0.3 is 0 Å². The minimum absolute atomic E-state index is 0.103. The van der Waals surface area contributed by atoms with Crippen LogP contribution in [0.2, 0.25) is 0 Å². The van der Waals surface area contributed by atoms with Gasteiger partial charge in [-0.1, -0.05) is 19.1 Å². The highest BCUT2D eigenvalue weighted by Gasteiger charge is 2.34. The van der Waals surface area contributed by atoms with Crippen LogP contribution in [0.15, 0.2) is 24.3 Å². The molecule has 0 spiro atoms. The number of rotatable bonds is 4. The van der Waals surface area contributed by atoms with E-state index >= 15 is 0 Å². The molecule has 6 nitrogen and oxygen atoms in total. The number of carbonyl (C=O) groups is 3. The molecular formula is C15H19N3O3. The topological polar surface area (TPSA) is 78.5 Å². The van der Waals surface area contributed by atoms with Gasteiger partial charge in [0.25, 0.3) is 5.91 Å². The minimum Gasteiger partial charge on any atom is -0.384 e. The molecule has 2 N–H and O–H groups in total. The molecule has 1 aromatic rings. The van der Waals surface area contributed by atoms with Gasteiger partial charge in [-0.2, -0.15) is 0 Å². The highest BCUT2D eigenvalue weighted by Crippen LogP contribution is 2.19. The van der Waals surface area contributed by atoms with Crippen molar-refractivity contribution in [1.82, 2.24) is 10.2 Å². The predicted molar refractivity (Wildman–Crippen MR) is 78.9 cm³/mol. The first-order chi connectivity index (χ1) is 10.0. The fraction of sp³-hybridized carbons (Fsp3) is 0.400. The largest absolute Gasteiger partial charge is 0.384 e. The van der Waals surface area contributed by atoms with E-state index in [4.69, 9.17) is 0 Å². The number of nitrogens with zero attached hydrogens (tertiary/aromatic N) is 1. The van der Waals surface area contributed by atoms with Gasteiger partial charge < -0.3 is 10.2 Å². The molecule has 1 heterocycles. The summed E-state index contributed by atoms with van der Waals surface area (Å²) in [5.74, 6) is -1.21. The monoisotopic (exact) mass is 289 g/mol. The smallest absolute Gasteiger partial charge is 0.257 e. The Bertz CT molecular complexity index is 571. The minimum atomic E-state index is -0.658. The second-order valence-corrected chi connectivity index (χ2v) is 4.99. The van der Waals surface area contributed by atoms with Crippen molar-refractivity contribution in [3.05, 3.63) is 29.8 Å². The summed E-state index contributed by atoms with van der Waals surface area (Å²) >= 11 is 0. The second kappa shape index (κ2) is 6.39. The van der Waals surface area contributed by atoms with Gasteiger partial charge in [-0.3, -0.25) is 19.7 Å².